The van der Waals surface area contributed by atoms with Gasteiger partial charge in [0.2, 0.25) is 0 Å². The van der Waals surface area contributed by atoms with Crippen LogP contribution in [0.2, 0.25) is 0 Å². The Morgan fingerprint density at radius 3 is 1.55 bits per heavy atom. The quantitative estimate of drug-likeness (QED) is 0.405. The van der Waals surface area contributed by atoms with Crippen molar-refractivity contribution >= 4 is 0 Å². The fourth-order valence-corrected chi connectivity index (χ4v) is 2.54. The highest BCUT2D eigenvalue weighted by molar-refractivity contribution is 4.83. The smallest absolute Gasteiger partial charge is 0.168 e. The minimum atomic E-state index is 0. The molecule has 1 heterocycles. The molecule has 0 aliphatic heterocycles. The van der Waals surface area contributed by atoms with E-state index in [1.54, 1.807) is 0 Å². The van der Waals surface area contributed by atoms with Gasteiger partial charge in [-0.2, -0.15) is 0 Å². The van der Waals surface area contributed by atoms with Gasteiger partial charge < -0.3 is 17.0 Å². The van der Waals surface area contributed by atoms with Gasteiger partial charge in [0, 0.05) is 18.6 Å². The molecule has 0 atom stereocenters. The molecule has 1 aromatic rings. The van der Waals surface area contributed by atoms with E-state index in [-0.39, 0.29) is 17.0 Å². The number of nitrogens with zero attached hydrogens (tertiary/aromatic N) is 1. The van der Waals surface area contributed by atoms with Gasteiger partial charge in [-0.05, 0) is 6.42 Å². The highest BCUT2D eigenvalue weighted by atomic mass is 79.9. The molecule has 0 radical (unpaired) electrons. The molecule has 1 aromatic heterocycles. The largest absolute Gasteiger partial charge is 1.00 e. The number of pyridine rings is 1. The van der Waals surface area contributed by atoms with Crippen molar-refractivity contribution in [3.05, 3.63) is 30.6 Å². The second-order valence-corrected chi connectivity index (χ2v) is 5.65. The van der Waals surface area contributed by atoms with Crippen LogP contribution in [0.4, 0.5) is 0 Å². The first kappa shape index (κ1) is 19.6. The summed E-state index contributed by atoms with van der Waals surface area (Å²) in [6.07, 6.45) is 20.0. The molecule has 0 saturated heterocycles. The van der Waals surface area contributed by atoms with Crippen LogP contribution in [0, 0.1) is 0 Å². The molecule has 20 heavy (non-hydrogen) atoms. The number of hydrogen-bond acceptors (Lipinski definition) is 0. The van der Waals surface area contributed by atoms with Gasteiger partial charge in [-0.1, -0.05) is 70.8 Å². The van der Waals surface area contributed by atoms with Crippen molar-refractivity contribution in [2.45, 2.75) is 84.1 Å². The predicted octanol–water partition coefficient (Wildman–Crippen LogP) is 2.29. The van der Waals surface area contributed by atoms with Crippen LogP contribution in [0.5, 0.6) is 0 Å². The lowest BCUT2D eigenvalue weighted by Gasteiger charge is -2.01. The summed E-state index contributed by atoms with van der Waals surface area (Å²) in [5.74, 6) is 0. The first-order valence-electron chi connectivity index (χ1n) is 8.37. The zero-order valence-electron chi connectivity index (χ0n) is 13.2. The molecule has 0 bridgehead atoms. The van der Waals surface area contributed by atoms with Gasteiger partial charge in [-0.15, -0.1) is 0 Å². The third kappa shape index (κ3) is 11.5. The molecular weight excluding hydrogens is 310 g/mol. The molecule has 0 aliphatic rings. The molecule has 0 aromatic carbocycles. The number of aromatic nitrogens is 1. The zero-order chi connectivity index (χ0) is 13.6. The van der Waals surface area contributed by atoms with Crippen LogP contribution in [0.1, 0.15) is 77.6 Å². The van der Waals surface area contributed by atoms with Crippen LogP contribution in [-0.4, -0.2) is 0 Å². The molecule has 1 nitrogen and oxygen atoms in total. The highest BCUT2D eigenvalue weighted by Crippen LogP contribution is 2.11. The van der Waals surface area contributed by atoms with E-state index in [0.29, 0.717) is 0 Å². The van der Waals surface area contributed by atoms with E-state index in [1.165, 1.54) is 77.2 Å². The summed E-state index contributed by atoms with van der Waals surface area (Å²) in [6.45, 7) is 3.46. The van der Waals surface area contributed by atoms with E-state index < -0.39 is 0 Å². The Morgan fingerprint density at radius 1 is 0.600 bits per heavy atom. The maximum atomic E-state index is 2.29. The maximum absolute atomic E-state index is 2.29. The van der Waals surface area contributed by atoms with Gasteiger partial charge in [0.25, 0.3) is 0 Å². The van der Waals surface area contributed by atoms with Gasteiger partial charge >= 0.3 is 0 Å². The molecule has 0 spiro atoms. The highest BCUT2D eigenvalue weighted by Gasteiger charge is 1.97. The summed E-state index contributed by atoms with van der Waals surface area (Å²) in [7, 11) is 0. The van der Waals surface area contributed by atoms with E-state index in [4.69, 9.17) is 0 Å². The van der Waals surface area contributed by atoms with Crippen LogP contribution in [-0.2, 0) is 6.54 Å². The van der Waals surface area contributed by atoms with Gasteiger partial charge in [0.05, 0.1) is 0 Å². The molecule has 0 N–H and O–H groups in total. The third-order valence-electron chi connectivity index (χ3n) is 3.80. The van der Waals surface area contributed by atoms with Crippen molar-refractivity contribution in [2.75, 3.05) is 0 Å². The Balaban J connectivity index is 0.00000361. The fourth-order valence-electron chi connectivity index (χ4n) is 2.54. The van der Waals surface area contributed by atoms with Crippen LogP contribution in [0.3, 0.4) is 0 Å². The topological polar surface area (TPSA) is 3.88 Å². The number of aryl methyl sites for hydroxylation is 1. The zero-order valence-corrected chi connectivity index (χ0v) is 14.8. The average molecular weight is 342 g/mol. The second-order valence-electron chi connectivity index (χ2n) is 5.65. The lowest BCUT2D eigenvalue weighted by Crippen LogP contribution is -3.00. The third-order valence-corrected chi connectivity index (χ3v) is 3.80. The summed E-state index contributed by atoms with van der Waals surface area (Å²) in [5.41, 5.74) is 0. The Kier molecular flexibility index (Phi) is 14.7. The standard InChI is InChI=1S/C18H32N.BrH/c1-2-3-4-5-6-7-8-9-10-11-13-16-19-17-14-12-15-18-19;/h12,14-15,17-18H,2-11,13,16H2,1H3;1H/q+1;/p-1. The Labute approximate surface area is 136 Å². The van der Waals surface area contributed by atoms with Crippen LogP contribution < -0.4 is 21.5 Å². The minimum Gasteiger partial charge on any atom is -1.00 e. The normalized spacial score (nSPS) is 10.2. The van der Waals surface area contributed by atoms with Crippen molar-refractivity contribution in [1.29, 1.82) is 0 Å². The number of unbranched alkanes of at least 4 members (excludes halogenated alkanes) is 10. The molecule has 116 valence electrons. The first-order valence-corrected chi connectivity index (χ1v) is 8.37. The van der Waals surface area contributed by atoms with Gasteiger partial charge in [0.15, 0.2) is 12.4 Å². The van der Waals surface area contributed by atoms with Gasteiger partial charge in [0.1, 0.15) is 6.54 Å². The molecule has 0 amide bonds. The lowest BCUT2D eigenvalue weighted by atomic mass is 10.1. The molecule has 0 unspecified atom stereocenters. The maximum Gasteiger partial charge on any atom is 0.168 e. The predicted molar refractivity (Wildman–Crippen MR) is 83.1 cm³/mol. The molecule has 1 rings (SSSR count). The number of rotatable bonds is 12. The molecule has 0 fully saturated rings. The van der Waals surface area contributed by atoms with Crippen LogP contribution in [0.15, 0.2) is 30.6 Å². The van der Waals surface area contributed by atoms with E-state index in [9.17, 15) is 0 Å². The Hall–Kier alpha value is -0.370. The summed E-state index contributed by atoms with van der Waals surface area (Å²) >= 11 is 0. The van der Waals surface area contributed by atoms with E-state index in [2.05, 4.69) is 42.1 Å². The van der Waals surface area contributed by atoms with E-state index >= 15 is 0 Å². The first-order chi connectivity index (χ1) is 9.43. The molecular formula is C18H32BrN. The Bertz CT molecular complexity index is 287. The molecule has 2 heteroatoms. The van der Waals surface area contributed by atoms with Crippen molar-refractivity contribution in [3.63, 3.8) is 0 Å². The van der Waals surface area contributed by atoms with Crippen LogP contribution in [0.25, 0.3) is 0 Å². The van der Waals surface area contributed by atoms with Gasteiger partial charge in [-0.3, -0.25) is 0 Å². The minimum absolute atomic E-state index is 0. The number of halogens is 1. The fraction of sp³-hybridized carbons (Fsp3) is 0.722. The van der Waals surface area contributed by atoms with E-state index in [1.807, 2.05) is 0 Å². The Morgan fingerprint density at radius 2 is 1.05 bits per heavy atom. The van der Waals surface area contributed by atoms with Crippen molar-refractivity contribution in [1.82, 2.24) is 0 Å². The summed E-state index contributed by atoms with van der Waals surface area (Å²) < 4.78 is 2.29. The van der Waals surface area contributed by atoms with Crippen molar-refractivity contribution in [2.24, 2.45) is 0 Å². The van der Waals surface area contributed by atoms with Crippen molar-refractivity contribution < 1.29 is 21.5 Å². The molecule has 0 aliphatic carbocycles. The summed E-state index contributed by atoms with van der Waals surface area (Å²) in [4.78, 5) is 0. The van der Waals surface area contributed by atoms with Crippen molar-refractivity contribution in [3.8, 4) is 0 Å². The SMILES string of the molecule is CCCCCCCCCCCCC[n+]1ccccc1.[Br-]. The van der Waals surface area contributed by atoms with E-state index in [0.717, 1.165) is 0 Å². The summed E-state index contributed by atoms with van der Waals surface area (Å²) in [6, 6.07) is 6.30. The van der Waals surface area contributed by atoms with Crippen LogP contribution >= 0.6 is 0 Å². The second kappa shape index (κ2) is 15.0. The summed E-state index contributed by atoms with van der Waals surface area (Å²) in [5, 5.41) is 0. The monoisotopic (exact) mass is 341 g/mol. The average Bonchev–Trinajstić information content (AvgIpc) is 2.46. The van der Waals surface area contributed by atoms with Gasteiger partial charge in [-0.25, -0.2) is 4.57 Å². The molecule has 0 saturated carbocycles. The lowest BCUT2D eigenvalue weighted by molar-refractivity contribution is -0.697. The number of hydrogen-bond donors (Lipinski definition) is 0.